The van der Waals surface area contributed by atoms with Crippen molar-refractivity contribution in [3.8, 4) is 0 Å². The third-order valence-electron chi connectivity index (χ3n) is 2.92. The molecule has 1 fully saturated rings. The first-order chi connectivity index (χ1) is 8.37. The molecule has 1 aromatic heterocycles. The summed E-state index contributed by atoms with van der Waals surface area (Å²) < 4.78 is 5.43. The van der Waals surface area contributed by atoms with Crippen molar-refractivity contribution < 1.29 is 9.53 Å². The van der Waals surface area contributed by atoms with Crippen molar-refractivity contribution in [1.29, 1.82) is 0 Å². The first kappa shape index (κ1) is 15.9. The van der Waals surface area contributed by atoms with E-state index in [9.17, 15) is 4.79 Å². The molecule has 2 heterocycles. The topological polar surface area (TPSA) is 58.2 Å². The molecule has 6 heteroatoms. The largest absolute Gasteiger partial charge is 0.444 e. The minimum atomic E-state index is -0.455. The molecule has 1 amide bonds. The van der Waals surface area contributed by atoms with Gasteiger partial charge in [0.15, 0.2) is 0 Å². The molecule has 108 valence electrons. The number of aromatic nitrogens is 2. The number of nitrogens with one attached hydrogen (secondary N) is 1. The minimum Gasteiger partial charge on any atom is -0.444 e. The average molecular weight is 285 g/mol. The van der Waals surface area contributed by atoms with Crippen molar-refractivity contribution in [2.45, 2.75) is 52.2 Å². The van der Waals surface area contributed by atoms with Crippen molar-refractivity contribution in [1.82, 2.24) is 14.9 Å². The minimum absolute atomic E-state index is 0. The van der Waals surface area contributed by atoms with Crippen LogP contribution in [-0.2, 0) is 4.74 Å². The summed E-state index contributed by atoms with van der Waals surface area (Å²) in [5.41, 5.74) is 0.560. The number of nitrogens with zero attached hydrogens (tertiary/aromatic N) is 2. The molecule has 1 aliphatic rings. The van der Waals surface area contributed by atoms with E-state index in [1.54, 1.807) is 11.1 Å². The van der Waals surface area contributed by atoms with Gasteiger partial charge < -0.3 is 9.72 Å². The van der Waals surface area contributed by atoms with Gasteiger partial charge in [0.2, 0.25) is 0 Å². The van der Waals surface area contributed by atoms with Gasteiger partial charge in [0.25, 0.3) is 0 Å². The van der Waals surface area contributed by atoms with Crippen LogP contribution in [0.15, 0.2) is 6.20 Å². The second-order valence-corrected chi connectivity index (χ2v) is 5.78. The maximum absolute atomic E-state index is 12.1. The number of amides is 1. The van der Waals surface area contributed by atoms with Crippen molar-refractivity contribution in [2.24, 2.45) is 0 Å². The molecule has 0 bridgehead atoms. The molecule has 0 unspecified atom stereocenters. The molecule has 0 radical (unpaired) electrons. The summed E-state index contributed by atoms with van der Waals surface area (Å²) in [5.74, 6) is 0.857. The summed E-state index contributed by atoms with van der Waals surface area (Å²) in [5, 5.41) is 0. The van der Waals surface area contributed by atoms with E-state index in [0.717, 1.165) is 30.9 Å². The fourth-order valence-electron chi connectivity index (χ4n) is 2.19. The summed E-state index contributed by atoms with van der Waals surface area (Å²) in [4.78, 5) is 21.4. The molecule has 1 N–H and O–H groups in total. The Morgan fingerprint density at radius 2 is 2.21 bits per heavy atom. The van der Waals surface area contributed by atoms with Gasteiger partial charge in [0, 0.05) is 18.4 Å². The molecule has 0 spiro atoms. The van der Waals surface area contributed by atoms with Crippen LogP contribution >= 0.6 is 13.5 Å². The summed E-state index contributed by atoms with van der Waals surface area (Å²) in [7, 11) is 0. The zero-order valence-corrected chi connectivity index (χ0v) is 13.0. The van der Waals surface area contributed by atoms with Gasteiger partial charge in [-0.3, -0.25) is 4.90 Å². The van der Waals surface area contributed by atoms with Gasteiger partial charge in [0.1, 0.15) is 11.4 Å². The monoisotopic (exact) mass is 285 g/mol. The van der Waals surface area contributed by atoms with E-state index in [-0.39, 0.29) is 25.6 Å². The zero-order valence-electron chi connectivity index (χ0n) is 12.0. The first-order valence-electron chi connectivity index (χ1n) is 6.38. The first-order valence-corrected chi connectivity index (χ1v) is 6.38. The predicted octanol–water partition coefficient (Wildman–Crippen LogP) is 2.90. The molecular weight excluding hydrogens is 262 g/mol. The van der Waals surface area contributed by atoms with Gasteiger partial charge in [-0.2, -0.15) is 13.5 Å². The Morgan fingerprint density at radius 3 is 2.74 bits per heavy atom. The molecule has 1 saturated heterocycles. The van der Waals surface area contributed by atoms with Gasteiger partial charge >= 0.3 is 6.09 Å². The lowest BCUT2D eigenvalue weighted by atomic mass is 10.2. The number of hydrogen-bond acceptors (Lipinski definition) is 3. The Hall–Kier alpha value is -1.17. The number of H-pyrrole nitrogens is 1. The molecule has 1 aliphatic heterocycles. The van der Waals surface area contributed by atoms with Crippen LogP contribution in [0, 0.1) is 6.92 Å². The normalized spacial score (nSPS) is 19.2. The number of rotatable bonds is 1. The van der Waals surface area contributed by atoms with Crippen LogP contribution in [0.1, 0.15) is 51.2 Å². The molecule has 0 saturated carbocycles. The Morgan fingerprint density at radius 1 is 1.53 bits per heavy atom. The lowest BCUT2D eigenvalue weighted by Crippen LogP contribution is -2.36. The lowest BCUT2D eigenvalue weighted by molar-refractivity contribution is 0.0218. The van der Waals surface area contributed by atoms with Crippen LogP contribution in [0.3, 0.4) is 0 Å². The van der Waals surface area contributed by atoms with Gasteiger partial charge in [-0.25, -0.2) is 9.78 Å². The van der Waals surface area contributed by atoms with E-state index in [4.69, 9.17) is 4.74 Å². The summed E-state index contributed by atoms with van der Waals surface area (Å²) >= 11 is 0. The van der Waals surface area contributed by atoms with E-state index >= 15 is 0 Å². The van der Waals surface area contributed by atoms with Gasteiger partial charge in [-0.05, 0) is 40.5 Å². The number of carbonyl (C=O) groups is 1. The Bertz CT molecular complexity index is 439. The number of ether oxygens (including phenoxy) is 1. The quantitative estimate of drug-likeness (QED) is 0.863. The van der Waals surface area contributed by atoms with Crippen molar-refractivity contribution in [3.05, 3.63) is 17.7 Å². The standard InChI is InChI=1S/C13H21N3O2.H2S/c1-9-8-14-11(15-9)10-6-5-7-16(10)12(17)18-13(2,3)4;/h8,10H,5-7H2,1-4H3,(H,14,15);1H2/t10-;/m0./s1. The third-order valence-corrected chi connectivity index (χ3v) is 2.92. The molecule has 0 aliphatic carbocycles. The number of carbonyl (C=O) groups excluding carboxylic acids is 1. The van der Waals surface area contributed by atoms with Crippen LogP contribution in [0.2, 0.25) is 0 Å². The predicted molar refractivity (Wildman–Crippen MR) is 78.6 cm³/mol. The maximum atomic E-state index is 12.1. The average Bonchev–Trinajstić information content (AvgIpc) is 2.81. The molecule has 1 atom stereocenters. The number of aryl methyl sites for hydroxylation is 1. The van der Waals surface area contributed by atoms with E-state index in [2.05, 4.69) is 9.97 Å². The number of likely N-dealkylation sites (tertiary alicyclic amines) is 1. The highest BCUT2D eigenvalue weighted by Gasteiger charge is 2.34. The van der Waals surface area contributed by atoms with E-state index in [0.29, 0.717) is 0 Å². The van der Waals surface area contributed by atoms with E-state index in [1.165, 1.54) is 0 Å². The van der Waals surface area contributed by atoms with Crippen LogP contribution in [0.4, 0.5) is 4.79 Å². The Balaban J connectivity index is 0.00000180. The van der Waals surface area contributed by atoms with Crippen LogP contribution < -0.4 is 0 Å². The fourth-order valence-corrected chi connectivity index (χ4v) is 2.19. The SMILES string of the molecule is Cc1cnc([C@@H]2CCCN2C(=O)OC(C)(C)C)[nH]1.S. The highest BCUT2D eigenvalue weighted by molar-refractivity contribution is 7.59. The molecular formula is C13H23N3O2S. The second-order valence-electron chi connectivity index (χ2n) is 5.78. The highest BCUT2D eigenvalue weighted by Crippen LogP contribution is 2.31. The van der Waals surface area contributed by atoms with Crippen LogP contribution in [0.5, 0.6) is 0 Å². The Kier molecular flexibility index (Phi) is 4.90. The molecule has 2 rings (SSSR count). The third kappa shape index (κ3) is 3.89. The second kappa shape index (κ2) is 5.86. The maximum Gasteiger partial charge on any atom is 0.410 e. The molecule has 19 heavy (non-hydrogen) atoms. The van der Waals surface area contributed by atoms with Crippen LogP contribution in [0.25, 0.3) is 0 Å². The van der Waals surface area contributed by atoms with Crippen LogP contribution in [-0.4, -0.2) is 33.1 Å². The van der Waals surface area contributed by atoms with E-state index < -0.39 is 5.60 Å². The smallest absolute Gasteiger partial charge is 0.410 e. The number of aromatic amines is 1. The highest BCUT2D eigenvalue weighted by atomic mass is 32.1. The van der Waals surface area contributed by atoms with Crippen molar-refractivity contribution in [3.63, 3.8) is 0 Å². The van der Waals surface area contributed by atoms with Gasteiger partial charge in [0.05, 0.1) is 6.04 Å². The summed E-state index contributed by atoms with van der Waals surface area (Å²) in [6.45, 7) is 8.34. The van der Waals surface area contributed by atoms with Gasteiger partial charge in [-0.1, -0.05) is 0 Å². The Labute approximate surface area is 121 Å². The van der Waals surface area contributed by atoms with Gasteiger partial charge in [-0.15, -0.1) is 0 Å². The van der Waals surface area contributed by atoms with Crippen molar-refractivity contribution >= 4 is 19.6 Å². The summed E-state index contributed by atoms with van der Waals surface area (Å²) in [6.07, 6.45) is 3.47. The molecule has 5 nitrogen and oxygen atoms in total. The number of imidazole rings is 1. The zero-order chi connectivity index (χ0) is 13.3. The van der Waals surface area contributed by atoms with E-state index in [1.807, 2.05) is 27.7 Å². The fraction of sp³-hybridized carbons (Fsp3) is 0.692. The number of hydrogen-bond donors (Lipinski definition) is 1. The molecule has 0 aromatic carbocycles. The lowest BCUT2D eigenvalue weighted by Gasteiger charge is -2.27. The molecule has 1 aromatic rings. The van der Waals surface area contributed by atoms with Crippen molar-refractivity contribution in [2.75, 3.05) is 6.54 Å². The summed E-state index contributed by atoms with van der Waals surface area (Å²) in [6, 6.07) is 0.0218.